The quantitative estimate of drug-likeness (QED) is 0.693. The molecule has 0 unspecified atom stereocenters. The van der Waals surface area contributed by atoms with Crippen LogP contribution in [0.1, 0.15) is 57.6 Å². The minimum Gasteiger partial charge on any atom is -0.487 e. The zero-order valence-electron chi connectivity index (χ0n) is 18.0. The predicted octanol–water partition coefficient (Wildman–Crippen LogP) is 4.35. The number of carbonyl (C=O) groups is 1. The van der Waals surface area contributed by atoms with Gasteiger partial charge in [0.05, 0.1) is 6.04 Å². The Bertz CT molecular complexity index is 1010. The van der Waals surface area contributed by atoms with E-state index >= 15 is 0 Å². The van der Waals surface area contributed by atoms with Gasteiger partial charge in [-0.2, -0.15) is 4.31 Å². The zero-order valence-corrected chi connectivity index (χ0v) is 19.7. The minimum atomic E-state index is -3.45. The van der Waals surface area contributed by atoms with E-state index < -0.39 is 10.0 Å². The molecule has 0 bridgehead atoms. The van der Waals surface area contributed by atoms with Crippen molar-refractivity contribution in [1.82, 2.24) is 9.62 Å². The number of amides is 1. The van der Waals surface area contributed by atoms with Gasteiger partial charge in [-0.15, -0.1) is 11.3 Å². The van der Waals surface area contributed by atoms with Crippen molar-refractivity contribution >= 4 is 27.3 Å². The van der Waals surface area contributed by atoms with Crippen molar-refractivity contribution in [2.75, 3.05) is 13.1 Å². The van der Waals surface area contributed by atoms with Crippen LogP contribution in [0.2, 0.25) is 0 Å². The third-order valence-electron chi connectivity index (χ3n) is 6.72. The predicted molar refractivity (Wildman–Crippen MR) is 122 cm³/mol. The molecule has 1 aromatic carbocycles. The Labute approximate surface area is 188 Å². The van der Waals surface area contributed by atoms with Crippen molar-refractivity contribution in [2.24, 2.45) is 5.92 Å². The molecule has 6 nitrogen and oxygen atoms in total. The standard InChI is InChI=1S/C23H30N2O4S2/c1-3-23(4-2)16-19(18-8-5-6-9-20(18)29-23)24-22(26)17-11-13-25(14-12-17)31(27,28)21-10-7-15-30-21/h5-10,15,17,19H,3-4,11-14,16H2,1-2H3,(H,24,26)/t19-/m0/s1. The van der Waals surface area contributed by atoms with Crippen molar-refractivity contribution in [3.8, 4) is 5.75 Å². The van der Waals surface area contributed by atoms with E-state index in [9.17, 15) is 13.2 Å². The topological polar surface area (TPSA) is 75.7 Å². The summed E-state index contributed by atoms with van der Waals surface area (Å²) in [5, 5.41) is 5.03. The largest absolute Gasteiger partial charge is 0.487 e. The van der Waals surface area contributed by atoms with E-state index in [0.717, 1.165) is 30.6 Å². The number of ether oxygens (including phenoxy) is 1. The maximum atomic E-state index is 13.1. The van der Waals surface area contributed by atoms with Crippen LogP contribution in [0.5, 0.6) is 5.75 Å². The first-order valence-corrected chi connectivity index (χ1v) is 13.3. The van der Waals surface area contributed by atoms with E-state index in [4.69, 9.17) is 4.74 Å². The normalized spacial score (nSPS) is 21.8. The van der Waals surface area contributed by atoms with Crippen LogP contribution in [0, 0.1) is 5.92 Å². The molecule has 0 aliphatic carbocycles. The number of rotatable bonds is 6. The summed E-state index contributed by atoms with van der Waals surface area (Å²) in [6.45, 7) is 4.99. The van der Waals surface area contributed by atoms with E-state index in [-0.39, 0.29) is 23.5 Å². The Balaban J connectivity index is 1.43. The third kappa shape index (κ3) is 4.38. The lowest BCUT2D eigenvalue weighted by Crippen LogP contribution is -2.47. The molecule has 1 N–H and O–H groups in total. The molecule has 8 heteroatoms. The highest BCUT2D eigenvalue weighted by Crippen LogP contribution is 2.42. The lowest BCUT2D eigenvalue weighted by molar-refractivity contribution is -0.127. The van der Waals surface area contributed by atoms with E-state index in [2.05, 4.69) is 19.2 Å². The fourth-order valence-corrected chi connectivity index (χ4v) is 7.23. The average molecular weight is 463 g/mol. The van der Waals surface area contributed by atoms with Crippen molar-refractivity contribution < 1.29 is 17.9 Å². The van der Waals surface area contributed by atoms with Gasteiger partial charge in [0.25, 0.3) is 10.0 Å². The Kier molecular flexibility index (Phi) is 6.42. The molecular formula is C23H30N2O4S2. The molecule has 1 amide bonds. The number of fused-ring (bicyclic) bond motifs is 1. The Morgan fingerprint density at radius 2 is 1.87 bits per heavy atom. The van der Waals surface area contributed by atoms with E-state index in [1.807, 2.05) is 24.3 Å². The zero-order chi connectivity index (χ0) is 22.1. The van der Waals surface area contributed by atoms with Crippen LogP contribution in [0.15, 0.2) is 46.0 Å². The van der Waals surface area contributed by atoms with E-state index in [1.54, 1.807) is 17.5 Å². The van der Waals surface area contributed by atoms with Gasteiger partial charge < -0.3 is 10.1 Å². The van der Waals surface area contributed by atoms with Gasteiger partial charge in [-0.25, -0.2) is 8.42 Å². The minimum absolute atomic E-state index is 0.0102. The van der Waals surface area contributed by atoms with Crippen molar-refractivity contribution in [3.63, 3.8) is 0 Å². The molecule has 31 heavy (non-hydrogen) atoms. The molecule has 1 aromatic heterocycles. The fraction of sp³-hybridized carbons (Fsp3) is 0.522. The number of nitrogens with one attached hydrogen (secondary N) is 1. The third-order valence-corrected chi connectivity index (χ3v) is 9.99. The number of carbonyl (C=O) groups excluding carboxylic acids is 1. The summed E-state index contributed by atoms with van der Waals surface area (Å²) in [4.78, 5) is 13.1. The summed E-state index contributed by atoms with van der Waals surface area (Å²) in [5.41, 5.74) is 0.746. The van der Waals surface area contributed by atoms with Gasteiger partial charge in [-0.1, -0.05) is 38.1 Å². The molecule has 1 saturated heterocycles. The molecule has 2 aliphatic rings. The molecule has 0 saturated carbocycles. The number of benzene rings is 1. The molecule has 168 valence electrons. The Morgan fingerprint density at radius 3 is 2.52 bits per heavy atom. The van der Waals surface area contributed by atoms with Gasteiger partial charge in [-0.05, 0) is 43.2 Å². The number of sulfonamides is 1. The van der Waals surface area contributed by atoms with Crippen molar-refractivity contribution in [2.45, 2.75) is 61.8 Å². The SMILES string of the molecule is CCC1(CC)C[C@H](NC(=O)C2CCN(S(=O)(=O)c3cccs3)CC2)c2ccccc2O1. The smallest absolute Gasteiger partial charge is 0.252 e. The van der Waals surface area contributed by atoms with Gasteiger partial charge in [-0.3, -0.25) is 4.79 Å². The van der Waals surface area contributed by atoms with Crippen LogP contribution in [-0.4, -0.2) is 37.3 Å². The maximum Gasteiger partial charge on any atom is 0.252 e. The number of hydrogen-bond donors (Lipinski definition) is 1. The monoisotopic (exact) mass is 462 g/mol. The first kappa shape index (κ1) is 22.3. The van der Waals surface area contributed by atoms with Crippen LogP contribution in [0.3, 0.4) is 0 Å². The van der Waals surface area contributed by atoms with E-state index in [1.165, 1.54) is 15.6 Å². The molecule has 0 spiro atoms. The maximum absolute atomic E-state index is 13.1. The molecular weight excluding hydrogens is 432 g/mol. The van der Waals surface area contributed by atoms with Gasteiger partial charge in [0, 0.05) is 31.0 Å². The molecule has 0 radical (unpaired) electrons. The number of thiophene rings is 1. The number of para-hydroxylation sites is 1. The highest BCUT2D eigenvalue weighted by molar-refractivity contribution is 7.91. The average Bonchev–Trinajstić information content (AvgIpc) is 3.35. The van der Waals surface area contributed by atoms with E-state index in [0.29, 0.717) is 30.1 Å². The van der Waals surface area contributed by atoms with Gasteiger partial charge in [0.2, 0.25) is 5.91 Å². The Hall–Kier alpha value is -1.90. The number of hydrogen-bond acceptors (Lipinski definition) is 5. The first-order chi connectivity index (χ1) is 14.9. The summed E-state index contributed by atoms with van der Waals surface area (Å²) in [6, 6.07) is 11.2. The molecule has 4 rings (SSSR count). The lowest BCUT2D eigenvalue weighted by atomic mass is 9.83. The van der Waals surface area contributed by atoms with Gasteiger partial charge >= 0.3 is 0 Å². The molecule has 3 heterocycles. The summed E-state index contributed by atoms with van der Waals surface area (Å²) >= 11 is 1.23. The highest BCUT2D eigenvalue weighted by atomic mass is 32.2. The van der Waals surface area contributed by atoms with Gasteiger partial charge in [0.15, 0.2) is 0 Å². The summed E-state index contributed by atoms with van der Waals surface area (Å²) < 4.78 is 33.7. The Morgan fingerprint density at radius 1 is 1.16 bits per heavy atom. The highest BCUT2D eigenvalue weighted by Gasteiger charge is 2.40. The summed E-state index contributed by atoms with van der Waals surface area (Å²) in [5.74, 6) is 0.679. The fourth-order valence-electron chi connectivity index (χ4n) is 4.62. The molecule has 1 fully saturated rings. The van der Waals surface area contributed by atoms with Crippen LogP contribution in [0.4, 0.5) is 0 Å². The summed E-state index contributed by atoms with van der Waals surface area (Å²) in [6.07, 6.45) is 3.57. The van der Waals surface area contributed by atoms with Crippen LogP contribution in [-0.2, 0) is 14.8 Å². The second-order valence-electron chi connectivity index (χ2n) is 8.41. The van der Waals surface area contributed by atoms with Crippen LogP contribution < -0.4 is 10.1 Å². The molecule has 2 aromatic rings. The first-order valence-electron chi connectivity index (χ1n) is 11.0. The lowest BCUT2D eigenvalue weighted by Gasteiger charge is -2.42. The van der Waals surface area contributed by atoms with Crippen molar-refractivity contribution in [1.29, 1.82) is 0 Å². The molecule has 2 aliphatic heterocycles. The number of piperidine rings is 1. The van der Waals surface area contributed by atoms with Crippen LogP contribution in [0.25, 0.3) is 0 Å². The second kappa shape index (κ2) is 8.92. The second-order valence-corrected chi connectivity index (χ2v) is 11.5. The summed E-state index contributed by atoms with van der Waals surface area (Å²) in [7, 11) is -3.45. The van der Waals surface area contributed by atoms with Gasteiger partial charge in [0.1, 0.15) is 15.6 Å². The number of nitrogens with zero attached hydrogens (tertiary/aromatic N) is 1. The molecule has 1 atom stereocenters. The van der Waals surface area contributed by atoms with Crippen LogP contribution >= 0.6 is 11.3 Å². The van der Waals surface area contributed by atoms with Crippen molar-refractivity contribution in [3.05, 3.63) is 47.3 Å².